The van der Waals surface area contributed by atoms with Crippen molar-refractivity contribution in [3.63, 3.8) is 0 Å². The smallest absolute Gasteiger partial charge is 0.252 e. The van der Waals surface area contributed by atoms with Crippen LogP contribution in [0, 0.1) is 6.92 Å². The Balaban J connectivity index is 1.42. The van der Waals surface area contributed by atoms with Crippen molar-refractivity contribution >= 4 is 10.9 Å². The van der Waals surface area contributed by atoms with Gasteiger partial charge in [-0.15, -0.1) is 5.10 Å². The fourth-order valence-corrected chi connectivity index (χ4v) is 4.30. The third-order valence-corrected chi connectivity index (χ3v) is 6.18. The van der Waals surface area contributed by atoms with Crippen LogP contribution < -0.4 is 10.3 Å². The predicted octanol–water partition coefficient (Wildman–Crippen LogP) is 4.08. The normalized spacial score (nSPS) is 11.3. The zero-order chi connectivity index (χ0) is 24.9. The van der Waals surface area contributed by atoms with Crippen LogP contribution in [0.2, 0.25) is 0 Å². The molecule has 0 aliphatic carbocycles. The zero-order valence-electron chi connectivity index (χ0n) is 20.4. The fourth-order valence-electron chi connectivity index (χ4n) is 4.30. The van der Waals surface area contributed by atoms with Gasteiger partial charge in [0.25, 0.3) is 5.56 Å². The molecule has 0 amide bonds. The Labute approximate surface area is 209 Å². The summed E-state index contributed by atoms with van der Waals surface area (Å²) in [7, 11) is 1.65. The highest BCUT2D eigenvalue weighted by molar-refractivity contribution is 5.79. The first kappa shape index (κ1) is 23.4. The van der Waals surface area contributed by atoms with Gasteiger partial charge in [0.2, 0.25) is 0 Å². The van der Waals surface area contributed by atoms with Crippen molar-refractivity contribution in [2.75, 3.05) is 7.11 Å². The highest BCUT2D eigenvalue weighted by Crippen LogP contribution is 2.17. The summed E-state index contributed by atoms with van der Waals surface area (Å²) < 4.78 is 7.05. The molecule has 0 aliphatic heterocycles. The van der Waals surface area contributed by atoms with E-state index in [1.807, 2.05) is 60.7 Å². The lowest BCUT2D eigenvalue weighted by Crippen LogP contribution is -2.28. The molecule has 36 heavy (non-hydrogen) atoms. The number of rotatable bonds is 9. The molecular weight excluding hydrogens is 452 g/mol. The molecule has 182 valence electrons. The van der Waals surface area contributed by atoms with Crippen molar-refractivity contribution in [2.45, 2.75) is 33.1 Å². The summed E-state index contributed by atoms with van der Waals surface area (Å²) in [6, 6.07) is 26.1. The van der Waals surface area contributed by atoms with Gasteiger partial charge in [0.05, 0.1) is 20.2 Å². The molecular formula is C28H28N6O2. The standard InChI is InChI=1S/C28H28N6O2/c1-20-8-13-26-23(14-20)15-24(28(35)29-26)18-33(16-21-6-4-3-5-7-21)19-27-30-31-32-34(27)17-22-9-11-25(36-2)12-10-22/h3-15H,16-19H2,1-2H3,(H,29,35). The van der Waals surface area contributed by atoms with Crippen LogP contribution in [0.4, 0.5) is 0 Å². The van der Waals surface area contributed by atoms with Crippen LogP contribution in [-0.2, 0) is 26.2 Å². The Morgan fingerprint density at radius 3 is 2.50 bits per heavy atom. The summed E-state index contributed by atoms with van der Waals surface area (Å²) >= 11 is 0. The Bertz CT molecular complexity index is 1510. The number of nitrogens with one attached hydrogen (secondary N) is 1. The molecule has 5 rings (SSSR count). The number of fused-ring (bicyclic) bond motifs is 1. The minimum absolute atomic E-state index is 0.0813. The minimum Gasteiger partial charge on any atom is -0.497 e. The molecule has 0 saturated carbocycles. The van der Waals surface area contributed by atoms with Crippen LogP contribution in [0.3, 0.4) is 0 Å². The number of aromatic nitrogens is 5. The number of aromatic amines is 1. The molecule has 0 atom stereocenters. The number of aryl methyl sites for hydroxylation is 1. The number of hydrogen-bond donors (Lipinski definition) is 1. The number of benzene rings is 3. The van der Waals surface area contributed by atoms with E-state index >= 15 is 0 Å². The van der Waals surface area contributed by atoms with E-state index in [0.29, 0.717) is 31.7 Å². The molecule has 1 N–H and O–H groups in total. The summed E-state index contributed by atoms with van der Waals surface area (Å²) in [4.78, 5) is 18.2. The summed E-state index contributed by atoms with van der Waals surface area (Å²) in [6.07, 6.45) is 0. The molecule has 0 radical (unpaired) electrons. The number of pyridine rings is 1. The van der Waals surface area contributed by atoms with Crippen molar-refractivity contribution in [2.24, 2.45) is 0 Å². The topological polar surface area (TPSA) is 88.9 Å². The summed E-state index contributed by atoms with van der Waals surface area (Å²) in [6.45, 7) is 4.20. The van der Waals surface area contributed by atoms with Gasteiger partial charge in [0.1, 0.15) is 5.75 Å². The van der Waals surface area contributed by atoms with Crippen molar-refractivity contribution in [1.29, 1.82) is 0 Å². The Hall–Kier alpha value is -4.30. The first-order valence-electron chi connectivity index (χ1n) is 11.8. The van der Waals surface area contributed by atoms with Crippen molar-refractivity contribution in [3.8, 4) is 5.75 Å². The lowest BCUT2D eigenvalue weighted by molar-refractivity contribution is 0.236. The Morgan fingerprint density at radius 2 is 1.72 bits per heavy atom. The van der Waals surface area contributed by atoms with E-state index in [-0.39, 0.29) is 5.56 Å². The van der Waals surface area contributed by atoms with E-state index in [0.717, 1.165) is 39.2 Å². The molecule has 2 aromatic heterocycles. The van der Waals surface area contributed by atoms with E-state index in [9.17, 15) is 4.79 Å². The van der Waals surface area contributed by atoms with Gasteiger partial charge < -0.3 is 9.72 Å². The van der Waals surface area contributed by atoms with E-state index in [1.54, 1.807) is 11.8 Å². The molecule has 0 spiro atoms. The van der Waals surface area contributed by atoms with Crippen LogP contribution in [0.5, 0.6) is 5.75 Å². The lowest BCUT2D eigenvalue weighted by Gasteiger charge is -2.22. The molecule has 8 nitrogen and oxygen atoms in total. The van der Waals surface area contributed by atoms with Crippen LogP contribution in [0.15, 0.2) is 83.7 Å². The van der Waals surface area contributed by atoms with Gasteiger partial charge in [-0.3, -0.25) is 9.69 Å². The maximum absolute atomic E-state index is 12.9. The molecule has 0 unspecified atom stereocenters. The number of ether oxygens (including phenoxy) is 1. The second-order valence-corrected chi connectivity index (χ2v) is 8.95. The van der Waals surface area contributed by atoms with Crippen molar-refractivity contribution < 1.29 is 4.74 Å². The van der Waals surface area contributed by atoms with Crippen molar-refractivity contribution in [3.05, 3.63) is 117 Å². The van der Waals surface area contributed by atoms with E-state index in [1.165, 1.54) is 0 Å². The highest BCUT2D eigenvalue weighted by Gasteiger charge is 2.16. The second-order valence-electron chi connectivity index (χ2n) is 8.95. The third kappa shape index (κ3) is 5.50. The number of nitrogens with zero attached hydrogens (tertiary/aromatic N) is 5. The lowest BCUT2D eigenvalue weighted by atomic mass is 10.1. The van der Waals surface area contributed by atoms with Gasteiger partial charge in [-0.1, -0.05) is 54.1 Å². The van der Waals surface area contributed by atoms with Gasteiger partial charge in [0, 0.05) is 24.2 Å². The number of hydrogen-bond acceptors (Lipinski definition) is 6. The van der Waals surface area contributed by atoms with Gasteiger partial charge in [-0.25, -0.2) is 4.68 Å². The monoisotopic (exact) mass is 480 g/mol. The average molecular weight is 481 g/mol. The van der Waals surface area contributed by atoms with Gasteiger partial charge >= 0.3 is 0 Å². The number of H-pyrrole nitrogens is 1. The van der Waals surface area contributed by atoms with E-state index < -0.39 is 0 Å². The highest BCUT2D eigenvalue weighted by atomic mass is 16.5. The second kappa shape index (κ2) is 10.5. The Morgan fingerprint density at radius 1 is 0.917 bits per heavy atom. The maximum Gasteiger partial charge on any atom is 0.252 e. The van der Waals surface area contributed by atoms with Gasteiger partial charge in [-0.05, 0) is 64.2 Å². The van der Waals surface area contributed by atoms with Crippen LogP contribution >= 0.6 is 0 Å². The van der Waals surface area contributed by atoms with Crippen LogP contribution in [-0.4, -0.2) is 37.2 Å². The van der Waals surface area contributed by atoms with Gasteiger partial charge in [0.15, 0.2) is 5.82 Å². The molecule has 0 fully saturated rings. The maximum atomic E-state index is 12.9. The molecule has 2 heterocycles. The molecule has 8 heteroatoms. The first-order valence-corrected chi connectivity index (χ1v) is 11.8. The molecule has 0 aliphatic rings. The van der Waals surface area contributed by atoms with Crippen LogP contribution in [0.1, 0.15) is 28.1 Å². The molecule has 0 saturated heterocycles. The third-order valence-electron chi connectivity index (χ3n) is 6.18. The summed E-state index contributed by atoms with van der Waals surface area (Å²) in [5.74, 6) is 1.54. The SMILES string of the molecule is COc1ccc(Cn2nnnc2CN(Cc2ccccc2)Cc2cc3cc(C)ccc3[nH]c2=O)cc1. The summed E-state index contributed by atoms with van der Waals surface area (Å²) in [5.41, 5.74) is 4.84. The van der Waals surface area contributed by atoms with E-state index in [2.05, 4.69) is 50.5 Å². The molecule has 5 aromatic rings. The molecule has 0 bridgehead atoms. The fraction of sp³-hybridized carbons (Fsp3) is 0.214. The zero-order valence-corrected chi connectivity index (χ0v) is 20.4. The number of methoxy groups -OCH3 is 1. The molecule has 3 aromatic carbocycles. The predicted molar refractivity (Wildman–Crippen MR) is 139 cm³/mol. The average Bonchev–Trinajstić information content (AvgIpc) is 3.32. The van der Waals surface area contributed by atoms with E-state index in [4.69, 9.17) is 4.74 Å². The number of tetrazole rings is 1. The summed E-state index contributed by atoms with van der Waals surface area (Å²) in [5, 5.41) is 13.5. The van der Waals surface area contributed by atoms with Crippen molar-refractivity contribution in [1.82, 2.24) is 30.1 Å². The van der Waals surface area contributed by atoms with Gasteiger partial charge in [-0.2, -0.15) is 0 Å². The van der Waals surface area contributed by atoms with Crippen LogP contribution in [0.25, 0.3) is 10.9 Å². The minimum atomic E-state index is -0.0813. The first-order chi connectivity index (χ1) is 17.6. The quantitative estimate of drug-likeness (QED) is 0.342. The Kier molecular flexibility index (Phi) is 6.86. The largest absolute Gasteiger partial charge is 0.497 e.